The second-order valence-corrected chi connectivity index (χ2v) is 8.93. The quantitative estimate of drug-likeness (QED) is 0.391. The second kappa shape index (κ2) is 7.53. The Morgan fingerprint density at radius 2 is 1.44 bits per heavy atom. The van der Waals surface area contributed by atoms with Crippen LogP contribution in [0.1, 0.15) is 46.7 Å². The minimum Gasteiger partial charge on any atom is -0.493 e. The molecule has 0 spiro atoms. The second-order valence-electron chi connectivity index (χ2n) is 6.84. The Hall–Kier alpha value is -3.58. The Kier molecular flexibility index (Phi) is 4.78. The lowest BCUT2D eigenvalue weighted by molar-refractivity contribution is 0.420. The summed E-state index contributed by atoms with van der Waals surface area (Å²) in [4.78, 5) is 35.4. The van der Waals surface area contributed by atoms with Crippen molar-refractivity contribution >= 4 is 32.6 Å². The lowest BCUT2D eigenvalue weighted by Crippen LogP contribution is -2.29. The monoisotopic (exact) mass is 472 g/mol. The maximum atomic E-state index is 13.4. The fourth-order valence-corrected chi connectivity index (χ4v) is 5.09. The van der Waals surface area contributed by atoms with Gasteiger partial charge in [0.05, 0.1) is 23.3 Å². The average molecular weight is 473 g/mol. The summed E-state index contributed by atoms with van der Waals surface area (Å²) in [5.74, 6) is -2.30. The van der Waals surface area contributed by atoms with Crippen molar-refractivity contribution in [1.29, 1.82) is 0 Å². The van der Waals surface area contributed by atoms with Gasteiger partial charge in [-0.3, -0.25) is 9.59 Å². The standard InChI is InChI=1S/C19H16N6O5S2/c1-3-9-22-24-16(28)12(14(26)20-18(24)31-9)11(8-6-5-7-30-8)13-15(27)21-19-25(17(13)29)23-10(4-2)32-19/h5-7,11,26-27H,3-4H2,1-2H3. The molecule has 0 aliphatic carbocycles. The largest absolute Gasteiger partial charge is 0.493 e. The minimum atomic E-state index is -1.28. The number of fused-ring (bicyclic) bond motifs is 2. The summed E-state index contributed by atoms with van der Waals surface area (Å²) in [6.45, 7) is 3.76. The first-order valence-electron chi connectivity index (χ1n) is 9.69. The lowest BCUT2D eigenvalue weighted by atomic mass is 9.91. The molecule has 5 aromatic rings. The molecule has 5 rings (SSSR count). The van der Waals surface area contributed by atoms with Crippen molar-refractivity contribution in [1.82, 2.24) is 29.2 Å². The lowest BCUT2D eigenvalue weighted by Gasteiger charge is -2.15. The molecule has 32 heavy (non-hydrogen) atoms. The predicted octanol–water partition coefficient (Wildman–Crippen LogP) is 1.92. The van der Waals surface area contributed by atoms with Crippen LogP contribution in [0.2, 0.25) is 0 Å². The van der Waals surface area contributed by atoms with Gasteiger partial charge in [-0.15, -0.1) is 0 Å². The van der Waals surface area contributed by atoms with E-state index >= 15 is 0 Å². The molecule has 0 aliphatic rings. The van der Waals surface area contributed by atoms with Crippen molar-refractivity contribution in [2.24, 2.45) is 0 Å². The molecule has 0 amide bonds. The van der Waals surface area contributed by atoms with Crippen LogP contribution in [-0.2, 0) is 12.8 Å². The molecule has 5 aromatic heterocycles. The van der Waals surface area contributed by atoms with Crippen molar-refractivity contribution in [3.63, 3.8) is 0 Å². The molecule has 0 atom stereocenters. The van der Waals surface area contributed by atoms with Gasteiger partial charge in [0.1, 0.15) is 15.8 Å². The van der Waals surface area contributed by atoms with Gasteiger partial charge in [-0.05, 0) is 25.0 Å². The van der Waals surface area contributed by atoms with Crippen LogP contribution in [0.15, 0.2) is 32.4 Å². The van der Waals surface area contributed by atoms with Crippen LogP contribution in [0.5, 0.6) is 11.8 Å². The van der Waals surface area contributed by atoms with Crippen LogP contribution in [0, 0.1) is 0 Å². The molecule has 0 saturated carbocycles. The highest BCUT2D eigenvalue weighted by atomic mass is 32.1. The molecule has 0 unspecified atom stereocenters. The summed E-state index contributed by atoms with van der Waals surface area (Å²) in [5.41, 5.74) is -1.88. The number of aromatic hydroxyl groups is 2. The summed E-state index contributed by atoms with van der Waals surface area (Å²) < 4.78 is 7.64. The Balaban J connectivity index is 1.85. The van der Waals surface area contributed by atoms with E-state index in [1.54, 1.807) is 6.07 Å². The number of nitrogens with zero attached hydrogens (tertiary/aromatic N) is 6. The number of hydrogen-bond donors (Lipinski definition) is 2. The third kappa shape index (κ3) is 3.00. The highest BCUT2D eigenvalue weighted by Gasteiger charge is 2.34. The van der Waals surface area contributed by atoms with E-state index in [2.05, 4.69) is 20.2 Å². The van der Waals surface area contributed by atoms with Crippen LogP contribution < -0.4 is 11.1 Å². The highest BCUT2D eigenvalue weighted by Crippen LogP contribution is 2.36. The molecule has 0 aliphatic heterocycles. The molecular weight excluding hydrogens is 456 g/mol. The number of hydrogen-bond acceptors (Lipinski definition) is 11. The highest BCUT2D eigenvalue weighted by molar-refractivity contribution is 7.16. The van der Waals surface area contributed by atoms with E-state index in [9.17, 15) is 19.8 Å². The van der Waals surface area contributed by atoms with Gasteiger partial charge < -0.3 is 14.6 Å². The van der Waals surface area contributed by atoms with Gasteiger partial charge in [0.2, 0.25) is 21.7 Å². The van der Waals surface area contributed by atoms with Crippen LogP contribution in [-0.4, -0.2) is 39.4 Å². The first-order valence-corrected chi connectivity index (χ1v) is 11.3. The van der Waals surface area contributed by atoms with Gasteiger partial charge in [0.25, 0.3) is 11.1 Å². The molecule has 5 heterocycles. The van der Waals surface area contributed by atoms with E-state index in [1.165, 1.54) is 35.0 Å². The van der Waals surface area contributed by atoms with Crippen molar-refractivity contribution in [3.05, 3.63) is 66.0 Å². The summed E-state index contributed by atoms with van der Waals surface area (Å²) in [6.07, 6.45) is 2.52. The molecule has 0 aromatic carbocycles. The fourth-order valence-electron chi connectivity index (χ4n) is 3.45. The zero-order valence-electron chi connectivity index (χ0n) is 16.8. The van der Waals surface area contributed by atoms with Gasteiger partial charge >= 0.3 is 0 Å². The van der Waals surface area contributed by atoms with E-state index in [4.69, 9.17) is 4.42 Å². The minimum absolute atomic E-state index is 0.144. The number of aryl methyl sites for hydroxylation is 2. The zero-order valence-corrected chi connectivity index (χ0v) is 18.5. The van der Waals surface area contributed by atoms with Gasteiger partial charge in [-0.25, -0.2) is 0 Å². The predicted molar refractivity (Wildman–Crippen MR) is 116 cm³/mol. The molecule has 0 fully saturated rings. The number of rotatable bonds is 5. The van der Waals surface area contributed by atoms with E-state index in [0.29, 0.717) is 22.9 Å². The zero-order chi connectivity index (χ0) is 22.6. The van der Waals surface area contributed by atoms with E-state index in [1.807, 2.05) is 13.8 Å². The summed E-state index contributed by atoms with van der Waals surface area (Å²) in [6, 6.07) is 3.10. The molecular formula is C19H16N6O5S2. The Morgan fingerprint density at radius 3 is 1.84 bits per heavy atom. The summed E-state index contributed by atoms with van der Waals surface area (Å²) in [5, 5.41) is 31.3. The molecule has 11 nitrogen and oxygen atoms in total. The van der Waals surface area contributed by atoms with E-state index in [0.717, 1.165) is 9.03 Å². The van der Waals surface area contributed by atoms with E-state index < -0.39 is 28.8 Å². The maximum absolute atomic E-state index is 13.4. The first-order chi connectivity index (χ1) is 15.4. The first kappa shape index (κ1) is 20.3. The van der Waals surface area contributed by atoms with Crippen molar-refractivity contribution in [2.75, 3.05) is 0 Å². The summed E-state index contributed by atoms with van der Waals surface area (Å²) >= 11 is 2.35. The van der Waals surface area contributed by atoms with Crippen molar-refractivity contribution in [2.45, 2.75) is 32.6 Å². The molecule has 13 heteroatoms. The molecule has 0 radical (unpaired) electrons. The van der Waals surface area contributed by atoms with Crippen molar-refractivity contribution in [3.8, 4) is 11.8 Å². The SMILES string of the molecule is CCc1nn2c(=O)c(C(c3ccco3)c3c(O)nc4sc(CC)nn4c3=O)c(O)nc2s1. The van der Waals surface area contributed by atoms with Crippen LogP contribution in [0.4, 0.5) is 0 Å². The fraction of sp³-hybridized carbons (Fsp3) is 0.263. The number of aromatic nitrogens is 6. The molecule has 164 valence electrons. The summed E-state index contributed by atoms with van der Waals surface area (Å²) in [7, 11) is 0. The molecule has 2 N–H and O–H groups in total. The van der Waals surface area contributed by atoms with Crippen molar-refractivity contribution < 1.29 is 14.6 Å². The number of furan rings is 1. The van der Waals surface area contributed by atoms with Gasteiger partial charge in [-0.1, -0.05) is 36.5 Å². The van der Waals surface area contributed by atoms with Gasteiger partial charge in [0.15, 0.2) is 0 Å². The molecule has 0 bridgehead atoms. The Labute approximate surface area is 186 Å². The van der Waals surface area contributed by atoms with Gasteiger partial charge in [-0.2, -0.15) is 29.2 Å². The Bertz CT molecular complexity index is 1480. The Morgan fingerprint density at radius 1 is 0.938 bits per heavy atom. The maximum Gasteiger partial charge on any atom is 0.283 e. The van der Waals surface area contributed by atoms with Crippen LogP contribution in [0.3, 0.4) is 0 Å². The van der Waals surface area contributed by atoms with E-state index in [-0.39, 0.29) is 26.8 Å². The van der Waals surface area contributed by atoms with Crippen LogP contribution in [0.25, 0.3) is 9.92 Å². The van der Waals surface area contributed by atoms with Crippen LogP contribution >= 0.6 is 22.7 Å². The smallest absolute Gasteiger partial charge is 0.283 e. The third-order valence-electron chi connectivity index (χ3n) is 4.94. The topological polar surface area (TPSA) is 148 Å². The molecule has 0 saturated heterocycles. The van der Waals surface area contributed by atoms with Gasteiger partial charge in [0, 0.05) is 0 Å². The average Bonchev–Trinajstić information content (AvgIpc) is 3.51. The normalized spacial score (nSPS) is 11.8. The third-order valence-corrected chi connectivity index (χ3v) is 7.05.